The number of amides is 1. The Morgan fingerprint density at radius 2 is 2.12 bits per heavy atom. The summed E-state index contributed by atoms with van der Waals surface area (Å²) in [5.41, 5.74) is -0.585. The quantitative estimate of drug-likeness (QED) is 0.743. The number of rotatable bonds is 5. The molecule has 26 heavy (non-hydrogen) atoms. The number of aromatic nitrogens is 2. The highest BCUT2D eigenvalue weighted by molar-refractivity contribution is 5.79. The van der Waals surface area contributed by atoms with Crippen molar-refractivity contribution < 1.29 is 9.18 Å². The summed E-state index contributed by atoms with van der Waals surface area (Å²) in [5.74, 6) is -0.0544. The van der Waals surface area contributed by atoms with Crippen LogP contribution in [-0.4, -0.2) is 35.0 Å². The molecule has 1 atom stereocenters. The molecular formula is C18H19FN4O3. The summed E-state index contributed by atoms with van der Waals surface area (Å²) in [7, 11) is 0. The van der Waals surface area contributed by atoms with E-state index in [4.69, 9.17) is 0 Å². The van der Waals surface area contributed by atoms with E-state index in [9.17, 15) is 18.8 Å². The first-order valence-corrected chi connectivity index (χ1v) is 8.30. The molecule has 1 saturated heterocycles. The third kappa shape index (κ3) is 4.47. The van der Waals surface area contributed by atoms with Gasteiger partial charge < -0.3 is 10.2 Å². The Morgan fingerprint density at radius 3 is 2.88 bits per heavy atom. The van der Waals surface area contributed by atoms with Crippen LogP contribution in [0.1, 0.15) is 18.4 Å². The molecule has 7 nitrogen and oxygen atoms in total. The van der Waals surface area contributed by atoms with Crippen LogP contribution in [0.25, 0.3) is 6.08 Å². The van der Waals surface area contributed by atoms with Crippen LogP contribution in [0, 0.1) is 5.82 Å². The zero-order chi connectivity index (χ0) is 18.5. The van der Waals surface area contributed by atoms with Crippen molar-refractivity contribution in [1.29, 1.82) is 0 Å². The maximum Gasteiger partial charge on any atom is 0.327 e. The minimum atomic E-state index is -0.557. The summed E-state index contributed by atoms with van der Waals surface area (Å²) in [6.07, 6.45) is 4.05. The fourth-order valence-corrected chi connectivity index (χ4v) is 2.91. The van der Waals surface area contributed by atoms with Gasteiger partial charge in [0.05, 0.1) is 0 Å². The first kappa shape index (κ1) is 17.7. The lowest BCUT2D eigenvalue weighted by molar-refractivity contribution is -0.120. The van der Waals surface area contributed by atoms with Crippen molar-refractivity contribution in [2.45, 2.75) is 18.9 Å². The van der Waals surface area contributed by atoms with Crippen LogP contribution in [0.5, 0.6) is 0 Å². The molecule has 0 radical (unpaired) electrons. The van der Waals surface area contributed by atoms with Gasteiger partial charge in [0, 0.05) is 37.2 Å². The van der Waals surface area contributed by atoms with E-state index in [0.717, 1.165) is 0 Å². The summed E-state index contributed by atoms with van der Waals surface area (Å²) in [6, 6.07) is 7.59. The highest BCUT2D eigenvalue weighted by Gasteiger charge is 2.24. The average Bonchev–Trinajstić information content (AvgIpc) is 3.04. The SMILES string of the molecule is O=C(C/C=C/c1ccccc1F)N[C@H]1CCN(c2cc(=O)[nH]c(=O)[nH]2)C1. The molecule has 0 unspecified atom stereocenters. The summed E-state index contributed by atoms with van der Waals surface area (Å²) in [5, 5.41) is 2.91. The average molecular weight is 358 g/mol. The lowest BCUT2D eigenvalue weighted by Gasteiger charge is -2.17. The number of aromatic amines is 2. The molecule has 0 saturated carbocycles. The van der Waals surface area contributed by atoms with E-state index in [2.05, 4.69) is 15.3 Å². The second-order valence-electron chi connectivity index (χ2n) is 6.10. The first-order chi connectivity index (χ1) is 12.5. The van der Waals surface area contributed by atoms with E-state index >= 15 is 0 Å². The van der Waals surface area contributed by atoms with Gasteiger partial charge in [0.25, 0.3) is 5.56 Å². The van der Waals surface area contributed by atoms with Gasteiger partial charge >= 0.3 is 5.69 Å². The van der Waals surface area contributed by atoms with Crippen LogP contribution in [-0.2, 0) is 4.79 Å². The minimum Gasteiger partial charge on any atom is -0.356 e. The maximum atomic E-state index is 13.5. The number of nitrogens with one attached hydrogen (secondary N) is 3. The topological polar surface area (TPSA) is 98.1 Å². The molecule has 3 rings (SSSR count). The predicted octanol–water partition coefficient (Wildman–Crippen LogP) is 1.00. The monoisotopic (exact) mass is 358 g/mol. The van der Waals surface area contributed by atoms with Crippen molar-refractivity contribution in [1.82, 2.24) is 15.3 Å². The third-order valence-electron chi connectivity index (χ3n) is 4.15. The molecule has 0 spiro atoms. The Hall–Kier alpha value is -3.16. The molecule has 1 aliphatic rings. The lowest BCUT2D eigenvalue weighted by atomic mass is 10.2. The van der Waals surface area contributed by atoms with Crippen molar-refractivity contribution in [2.75, 3.05) is 18.0 Å². The molecule has 3 N–H and O–H groups in total. The number of carbonyl (C=O) groups is 1. The van der Waals surface area contributed by atoms with Gasteiger partial charge in [-0.1, -0.05) is 30.4 Å². The Bertz CT molecular complexity index is 906. The van der Waals surface area contributed by atoms with Gasteiger partial charge in [-0.2, -0.15) is 0 Å². The van der Waals surface area contributed by atoms with Gasteiger partial charge in [0.2, 0.25) is 5.91 Å². The van der Waals surface area contributed by atoms with Crippen molar-refractivity contribution >= 4 is 17.8 Å². The van der Waals surface area contributed by atoms with E-state index in [1.165, 1.54) is 12.1 Å². The number of hydrogen-bond acceptors (Lipinski definition) is 4. The normalized spacial score (nSPS) is 17.0. The molecule has 136 valence electrons. The molecule has 0 aliphatic carbocycles. The number of benzene rings is 1. The van der Waals surface area contributed by atoms with E-state index in [0.29, 0.717) is 30.9 Å². The van der Waals surface area contributed by atoms with Gasteiger partial charge in [-0.25, -0.2) is 9.18 Å². The maximum absolute atomic E-state index is 13.5. The molecular weight excluding hydrogens is 339 g/mol. The van der Waals surface area contributed by atoms with Gasteiger partial charge in [-0.05, 0) is 12.5 Å². The van der Waals surface area contributed by atoms with Crippen LogP contribution >= 0.6 is 0 Å². The standard InChI is InChI=1S/C18H19FN4O3/c19-14-6-2-1-4-12(14)5-3-7-16(24)20-13-8-9-23(11-13)15-10-17(25)22-18(26)21-15/h1-6,10,13H,7-9,11H2,(H,20,24)(H2,21,22,25,26)/b5-3+/t13-/m0/s1. The molecule has 1 aromatic heterocycles. The fourth-order valence-electron chi connectivity index (χ4n) is 2.91. The lowest BCUT2D eigenvalue weighted by Crippen LogP contribution is -2.37. The molecule has 1 amide bonds. The van der Waals surface area contributed by atoms with Crippen LogP contribution in [0.3, 0.4) is 0 Å². The molecule has 8 heteroatoms. The molecule has 1 aliphatic heterocycles. The van der Waals surface area contributed by atoms with Crippen LogP contribution in [0.2, 0.25) is 0 Å². The first-order valence-electron chi connectivity index (χ1n) is 8.30. The number of anilines is 1. The number of halogens is 1. The van der Waals surface area contributed by atoms with E-state index in [1.54, 1.807) is 30.4 Å². The molecule has 1 fully saturated rings. The smallest absolute Gasteiger partial charge is 0.327 e. The number of hydrogen-bond donors (Lipinski definition) is 3. The summed E-state index contributed by atoms with van der Waals surface area (Å²) in [4.78, 5) is 41.3. The predicted molar refractivity (Wildman–Crippen MR) is 96.5 cm³/mol. The Kier molecular flexibility index (Phi) is 5.31. The second kappa shape index (κ2) is 7.81. The Morgan fingerprint density at radius 1 is 1.31 bits per heavy atom. The van der Waals surface area contributed by atoms with Crippen molar-refractivity contribution in [3.63, 3.8) is 0 Å². The summed E-state index contributed by atoms with van der Waals surface area (Å²) in [6.45, 7) is 1.12. The van der Waals surface area contributed by atoms with Crippen molar-refractivity contribution in [2.24, 2.45) is 0 Å². The zero-order valence-electron chi connectivity index (χ0n) is 14.0. The second-order valence-corrected chi connectivity index (χ2v) is 6.10. The summed E-state index contributed by atoms with van der Waals surface area (Å²) < 4.78 is 13.5. The molecule has 2 aromatic rings. The molecule has 1 aromatic carbocycles. The van der Waals surface area contributed by atoms with Crippen molar-refractivity contribution in [3.05, 3.63) is 68.6 Å². The van der Waals surface area contributed by atoms with Crippen molar-refractivity contribution in [3.8, 4) is 0 Å². The Labute approximate surface area is 148 Å². The number of H-pyrrole nitrogens is 2. The molecule has 0 bridgehead atoms. The van der Waals surface area contributed by atoms with E-state index in [-0.39, 0.29) is 24.2 Å². The summed E-state index contributed by atoms with van der Waals surface area (Å²) >= 11 is 0. The highest BCUT2D eigenvalue weighted by atomic mass is 19.1. The van der Waals surface area contributed by atoms with Gasteiger partial charge in [0.15, 0.2) is 0 Å². The largest absolute Gasteiger partial charge is 0.356 e. The fraction of sp³-hybridized carbons (Fsp3) is 0.278. The Balaban J connectivity index is 1.52. The van der Waals surface area contributed by atoms with Gasteiger partial charge in [0.1, 0.15) is 11.6 Å². The van der Waals surface area contributed by atoms with Crippen LogP contribution in [0.15, 0.2) is 46.0 Å². The van der Waals surface area contributed by atoms with Crippen LogP contribution in [0.4, 0.5) is 10.2 Å². The minimum absolute atomic E-state index is 0.0767. The highest BCUT2D eigenvalue weighted by Crippen LogP contribution is 2.15. The molecule has 2 heterocycles. The van der Waals surface area contributed by atoms with Gasteiger partial charge in [-0.3, -0.25) is 19.6 Å². The number of carbonyl (C=O) groups excluding carboxylic acids is 1. The number of nitrogens with zero attached hydrogens (tertiary/aromatic N) is 1. The van der Waals surface area contributed by atoms with E-state index in [1.807, 2.05) is 4.90 Å². The third-order valence-corrected chi connectivity index (χ3v) is 4.15. The van der Waals surface area contributed by atoms with Crippen LogP contribution < -0.4 is 21.5 Å². The van der Waals surface area contributed by atoms with Gasteiger partial charge in [-0.15, -0.1) is 0 Å². The zero-order valence-corrected chi connectivity index (χ0v) is 14.0. The van der Waals surface area contributed by atoms with E-state index < -0.39 is 11.2 Å².